The lowest BCUT2D eigenvalue weighted by Gasteiger charge is -2.26. The summed E-state index contributed by atoms with van der Waals surface area (Å²) in [6.07, 6.45) is 1.33. The predicted molar refractivity (Wildman–Crippen MR) is 122 cm³/mol. The zero-order valence-electron chi connectivity index (χ0n) is 18.1. The molecule has 4 rings (SSSR count). The summed E-state index contributed by atoms with van der Waals surface area (Å²) in [5.74, 6) is -0.464. The monoisotopic (exact) mass is 431 g/mol. The van der Waals surface area contributed by atoms with Gasteiger partial charge in [-0.25, -0.2) is 0 Å². The Hall–Kier alpha value is -3.74. The fourth-order valence-electron chi connectivity index (χ4n) is 4.31. The van der Waals surface area contributed by atoms with Gasteiger partial charge < -0.3 is 10.2 Å². The number of nitro groups is 1. The van der Waals surface area contributed by atoms with Crippen LogP contribution in [-0.2, 0) is 4.79 Å². The van der Waals surface area contributed by atoms with Crippen molar-refractivity contribution in [3.63, 3.8) is 0 Å². The molecule has 0 radical (unpaired) electrons. The largest absolute Gasteiger partial charge is 0.348 e. The molecule has 1 heterocycles. The highest BCUT2D eigenvalue weighted by Gasteiger charge is 2.35. The summed E-state index contributed by atoms with van der Waals surface area (Å²) in [4.78, 5) is 38.3. The second-order valence-corrected chi connectivity index (χ2v) is 8.25. The van der Waals surface area contributed by atoms with E-state index >= 15 is 0 Å². The third-order valence-electron chi connectivity index (χ3n) is 6.09. The average molecular weight is 431 g/mol. The van der Waals surface area contributed by atoms with Gasteiger partial charge in [0, 0.05) is 23.7 Å². The lowest BCUT2D eigenvalue weighted by molar-refractivity contribution is -0.385. The van der Waals surface area contributed by atoms with Crippen molar-refractivity contribution in [1.29, 1.82) is 0 Å². The van der Waals surface area contributed by atoms with Crippen molar-refractivity contribution >= 4 is 28.3 Å². The van der Waals surface area contributed by atoms with Gasteiger partial charge in [-0.1, -0.05) is 36.4 Å². The molecule has 1 aliphatic rings. The van der Waals surface area contributed by atoms with Crippen LogP contribution in [0.25, 0.3) is 10.8 Å². The lowest BCUT2D eigenvalue weighted by atomic mass is 10.0. The maximum absolute atomic E-state index is 13.1. The summed E-state index contributed by atoms with van der Waals surface area (Å²) in [6.45, 7) is 4.02. The second-order valence-electron chi connectivity index (χ2n) is 8.25. The number of likely N-dealkylation sites (tertiary alicyclic amines) is 1. The van der Waals surface area contributed by atoms with E-state index in [1.807, 2.05) is 43.3 Å². The molecule has 2 unspecified atom stereocenters. The first-order valence-corrected chi connectivity index (χ1v) is 10.7. The van der Waals surface area contributed by atoms with Gasteiger partial charge in [0.2, 0.25) is 5.91 Å². The minimum atomic E-state index is -0.555. The Morgan fingerprint density at radius 1 is 1.09 bits per heavy atom. The molecular weight excluding hydrogens is 406 g/mol. The number of carbonyl (C=O) groups excluding carboxylic acids is 2. The van der Waals surface area contributed by atoms with Crippen molar-refractivity contribution in [3.05, 3.63) is 87.5 Å². The van der Waals surface area contributed by atoms with Gasteiger partial charge in [0.05, 0.1) is 11.0 Å². The van der Waals surface area contributed by atoms with Gasteiger partial charge in [0.15, 0.2) is 0 Å². The van der Waals surface area contributed by atoms with E-state index in [-0.39, 0.29) is 23.5 Å². The van der Waals surface area contributed by atoms with Crippen LogP contribution in [0.3, 0.4) is 0 Å². The first-order valence-electron chi connectivity index (χ1n) is 10.7. The Morgan fingerprint density at radius 2 is 1.84 bits per heavy atom. The number of fused-ring (bicyclic) bond motifs is 1. The van der Waals surface area contributed by atoms with Crippen LogP contribution in [0.4, 0.5) is 5.69 Å². The van der Waals surface area contributed by atoms with Crippen LogP contribution in [0, 0.1) is 17.0 Å². The highest BCUT2D eigenvalue weighted by molar-refractivity contribution is 5.98. The highest BCUT2D eigenvalue weighted by atomic mass is 16.6. The highest BCUT2D eigenvalue weighted by Crippen LogP contribution is 2.25. The van der Waals surface area contributed by atoms with Crippen LogP contribution in [0.2, 0.25) is 0 Å². The van der Waals surface area contributed by atoms with E-state index in [2.05, 4.69) is 11.4 Å². The van der Waals surface area contributed by atoms with E-state index in [9.17, 15) is 19.7 Å². The van der Waals surface area contributed by atoms with Gasteiger partial charge in [-0.3, -0.25) is 19.7 Å². The zero-order chi connectivity index (χ0) is 22.8. The fraction of sp³-hybridized carbons (Fsp3) is 0.280. The molecule has 164 valence electrons. The number of hydrogen-bond donors (Lipinski definition) is 1. The molecule has 1 fully saturated rings. The quantitative estimate of drug-likeness (QED) is 0.474. The number of benzene rings is 3. The Balaban J connectivity index is 1.48. The smallest absolute Gasteiger partial charge is 0.272 e. The predicted octanol–water partition coefficient (Wildman–Crippen LogP) is 4.54. The number of carbonyl (C=O) groups is 2. The van der Waals surface area contributed by atoms with Crippen LogP contribution in [0.5, 0.6) is 0 Å². The molecule has 2 atom stereocenters. The molecule has 0 spiro atoms. The summed E-state index contributed by atoms with van der Waals surface area (Å²) < 4.78 is 0. The molecule has 1 saturated heterocycles. The zero-order valence-corrected chi connectivity index (χ0v) is 18.1. The van der Waals surface area contributed by atoms with Crippen molar-refractivity contribution in [3.8, 4) is 0 Å². The minimum Gasteiger partial charge on any atom is -0.348 e. The molecular formula is C25H25N3O4. The van der Waals surface area contributed by atoms with Crippen LogP contribution >= 0.6 is 0 Å². The van der Waals surface area contributed by atoms with Gasteiger partial charge in [0.1, 0.15) is 6.04 Å². The minimum absolute atomic E-state index is 0.0264. The number of nitrogens with zero attached hydrogens (tertiary/aromatic N) is 2. The number of hydrogen-bond acceptors (Lipinski definition) is 4. The van der Waals surface area contributed by atoms with Crippen LogP contribution in [0.1, 0.15) is 47.3 Å². The van der Waals surface area contributed by atoms with Gasteiger partial charge in [0.25, 0.3) is 11.6 Å². The standard InChI is InChI=1S/C25H25N3O4/c1-16-14-21(11-12-22(16)28(31)32)25(30)27-13-5-8-23(27)24(29)26-17(2)19-10-9-18-6-3-4-7-20(18)15-19/h3-4,6-7,9-12,14-15,17,23H,5,8,13H2,1-2H3,(H,26,29). The van der Waals surface area contributed by atoms with E-state index < -0.39 is 11.0 Å². The Bertz CT molecular complexity index is 1210. The van der Waals surface area contributed by atoms with E-state index in [0.29, 0.717) is 24.1 Å². The topological polar surface area (TPSA) is 92.6 Å². The molecule has 0 bridgehead atoms. The van der Waals surface area contributed by atoms with Crippen molar-refractivity contribution in [1.82, 2.24) is 10.2 Å². The van der Waals surface area contributed by atoms with Crippen LogP contribution in [0.15, 0.2) is 60.7 Å². The molecule has 7 nitrogen and oxygen atoms in total. The molecule has 1 N–H and O–H groups in total. The van der Waals surface area contributed by atoms with Crippen molar-refractivity contribution < 1.29 is 14.5 Å². The third-order valence-corrected chi connectivity index (χ3v) is 6.09. The van der Waals surface area contributed by atoms with Crippen molar-refractivity contribution in [2.45, 2.75) is 38.8 Å². The van der Waals surface area contributed by atoms with Gasteiger partial charge >= 0.3 is 0 Å². The summed E-state index contributed by atoms with van der Waals surface area (Å²) in [5, 5.41) is 16.4. The third kappa shape index (κ3) is 4.19. The van der Waals surface area contributed by atoms with Crippen LogP contribution in [-0.4, -0.2) is 34.2 Å². The van der Waals surface area contributed by atoms with E-state index in [4.69, 9.17) is 0 Å². The molecule has 32 heavy (non-hydrogen) atoms. The number of nitro benzene ring substituents is 1. The van der Waals surface area contributed by atoms with Gasteiger partial charge in [-0.05, 0) is 61.2 Å². The van der Waals surface area contributed by atoms with Crippen LogP contribution < -0.4 is 5.32 Å². The molecule has 0 aliphatic carbocycles. The molecule has 1 aliphatic heterocycles. The first kappa shape index (κ1) is 21.5. The Kier molecular flexibility index (Phi) is 5.90. The summed E-state index contributed by atoms with van der Waals surface area (Å²) in [5.41, 5.74) is 1.75. The molecule has 7 heteroatoms. The van der Waals surface area contributed by atoms with Crippen molar-refractivity contribution in [2.75, 3.05) is 6.54 Å². The fourth-order valence-corrected chi connectivity index (χ4v) is 4.31. The molecule has 0 saturated carbocycles. The normalized spacial score (nSPS) is 16.7. The van der Waals surface area contributed by atoms with Gasteiger partial charge in [-0.2, -0.15) is 0 Å². The maximum Gasteiger partial charge on any atom is 0.272 e. The number of amides is 2. The van der Waals surface area contributed by atoms with E-state index in [0.717, 1.165) is 22.8 Å². The lowest BCUT2D eigenvalue weighted by Crippen LogP contribution is -2.46. The second kappa shape index (κ2) is 8.78. The van der Waals surface area contributed by atoms with E-state index in [1.165, 1.54) is 18.2 Å². The SMILES string of the molecule is Cc1cc(C(=O)N2CCCC2C(=O)NC(C)c2ccc3ccccc3c2)ccc1[N+](=O)[O-]. The number of rotatable bonds is 5. The van der Waals surface area contributed by atoms with Crippen molar-refractivity contribution in [2.24, 2.45) is 0 Å². The molecule has 2 amide bonds. The van der Waals surface area contributed by atoms with Gasteiger partial charge in [-0.15, -0.1) is 0 Å². The first-order chi connectivity index (χ1) is 15.3. The molecule has 3 aromatic rings. The average Bonchev–Trinajstić information content (AvgIpc) is 3.28. The number of nitrogens with one attached hydrogen (secondary N) is 1. The maximum atomic E-state index is 13.1. The summed E-state index contributed by atoms with van der Waals surface area (Å²) >= 11 is 0. The van der Waals surface area contributed by atoms with E-state index in [1.54, 1.807) is 11.8 Å². The Morgan fingerprint density at radius 3 is 2.56 bits per heavy atom. The Labute approximate surface area is 186 Å². The summed E-state index contributed by atoms with van der Waals surface area (Å²) in [6, 6.07) is 17.7. The molecule has 3 aromatic carbocycles. The number of aryl methyl sites for hydroxylation is 1. The molecule has 0 aromatic heterocycles. The summed E-state index contributed by atoms with van der Waals surface area (Å²) in [7, 11) is 0.